The average molecular weight is 399 g/mol. The molecule has 1 aromatic carbocycles. The smallest absolute Gasteiger partial charge is 0.239 e. The summed E-state index contributed by atoms with van der Waals surface area (Å²) >= 11 is 0. The van der Waals surface area contributed by atoms with E-state index in [1.54, 1.807) is 0 Å². The first-order chi connectivity index (χ1) is 14.1. The standard InChI is InChI=1S/C23H30N2O4/c26-21(11-23-8-15-5-16(9-23)7-17(6-15)10-23)25-13-22(27)24-12-18-14-28-19-3-1-2-4-20(19)29-18/h1-4,15-18H,5-14H2,(H,24,27)(H,25,26). The lowest BCUT2D eigenvalue weighted by Crippen LogP contribution is -2.49. The Morgan fingerprint density at radius 3 is 2.28 bits per heavy atom. The largest absolute Gasteiger partial charge is 0.486 e. The molecule has 2 N–H and O–H groups in total. The van der Waals surface area contributed by atoms with Gasteiger partial charge in [0, 0.05) is 6.42 Å². The number of ether oxygens (including phenoxy) is 2. The molecule has 6 heteroatoms. The van der Waals surface area contributed by atoms with Gasteiger partial charge in [-0.2, -0.15) is 0 Å². The summed E-state index contributed by atoms with van der Waals surface area (Å²) in [6, 6.07) is 7.51. The van der Waals surface area contributed by atoms with Gasteiger partial charge in [0.15, 0.2) is 11.5 Å². The Hall–Kier alpha value is -2.24. The lowest BCUT2D eigenvalue weighted by atomic mass is 9.49. The molecule has 6 rings (SSSR count). The van der Waals surface area contributed by atoms with Crippen LogP contribution < -0.4 is 20.1 Å². The predicted octanol–water partition coefficient (Wildman–Crippen LogP) is 2.67. The van der Waals surface area contributed by atoms with Gasteiger partial charge in [0.2, 0.25) is 11.8 Å². The van der Waals surface area contributed by atoms with Crippen molar-refractivity contribution in [2.75, 3.05) is 19.7 Å². The fourth-order valence-corrected chi connectivity index (χ4v) is 6.54. The Balaban J connectivity index is 1.05. The van der Waals surface area contributed by atoms with E-state index < -0.39 is 0 Å². The maximum atomic E-state index is 12.5. The predicted molar refractivity (Wildman–Crippen MR) is 108 cm³/mol. The Bertz CT molecular complexity index is 758. The molecule has 1 unspecified atom stereocenters. The topological polar surface area (TPSA) is 76.7 Å². The zero-order valence-corrected chi connectivity index (χ0v) is 16.8. The molecule has 4 aliphatic carbocycles. The highest BCUT2D eigenvalue weighted by Crippen LogP contribution is 2.61. The maximum Gasteiger partial charge on any atom is 0.239 e. The number of rotatable bonds is 6. The number of fused-ring (bicyclic) bond motifs is 1. The summed E-state index contributed by atoms with van der Waals surface area (Å²) in [5.41, 5.74) is 0.204. The summed E-state index contributed by atoms with van der Waals surface area (Å²) in [5.74, 6) is 3.76. The van der Waals surface area contributed by atoms with Crippen LogP contribution in [0.1, 0.15) is 44.9 Å². The van der Waals surface area contributed by atoms with Crippen LogP contribution in [0, 0.1) is 23.2 Å². The summed E-state index contributed by atoms with van der Waals surface area (Å²) in [6.07, 6.45) is 8.11. The van der Waals surface area contributed by atoms with Crippen molar-refractivity contribution in [3.63, 3.8) is 0 Å². The zero-order chi connectivity index (χ0) is 19.8. The third kappa shape index (κ3) is 4.07. The first-order valence-corrected chi connectivity index (χ1v) is 11.0. The molecule has 156 valence electrons. The summed E-state index contributed by atoms with van der Waals surface area (Å²) in [4.78, 5) is 24.7. The Labute approximate surface area is 171 Å². The van der Waals surface area contributed by atoms with Crippen LogP contribution in [0.5, 0.6) is 11.5 Å². The third-order valence-corrected chi connectivity index (χ3v) is 7.24. The minimum atomic E-state index is -0.225. The van der Waals surface area contributed by atoms with Gasteiger partial charge in [-0.3, -0.25) is 9.59 Å². The number of carbonyl (C=O) groups is 2. The van der Waals surface area contributed by atoms with E-state index in [9.17, 15) is 9.59 Å². The molecule has 1 aliphatic heterocycles. The monoisotopic (exact) mass is 398 g/mol. The van der Waals surface area contributed by atoms with Crippen LogP contribution in [0.3, 0.4) is 0 Å². The quantitative estimate of drug-likeness (QED) is 0.772. The Morgan fingerprint density at radius 1 is 0.931 bits per heavy atom. The average Bonchev–Trinajstić information content (AvgIpc) is 2.69. The van der Waals surface area contributed by atoms with Gasteiger partial charge in [0.1, 0.15) is 12.7 Å². The van der Waals surface area contributed by atoms with Gasteiger partial charge in [-0.15, -0.1) is 0 Å². The minimum absolute atomic E-state index is 0.0216. The minimum Gasteiger partial charge on any atom is -0.486 e. The first-order valence-electron chi connectivity index (χ1n) is 11.0. The number of hydrogen-bond acceptors (Lipinski definition) is 4. The van der Waals surface area contributed by atoms with E-state index in [-0.39, 0.29) is 29.9 Å². The van der Waals surface area contributed by atoms with Gasteiger partial charge in [0.25, 0.3) is 0 Å². The van der Waals surface area contributed by atoms with Crippen molar-refractivity contribution >= 4 is 11.8 Å². The molecular weight excluding hydrogens is 368 g/mol. The molecule has 1 atom stereocenters. The molecule has 4 bridgehead atoms. The van der Waals surface area contributed by atoms with Crippen LogP contribution in [0.2, 0.25) is 0 Å². The van der Waals surface area contributed by atoms with Gasteiger partial charge in [0.05, 0.1) is 13.1 Å². The van der Waals surface area contributed by atoms with Crippen molar-refractivity contribution in [3.8, 4) is 11.5 Å². The van der Waals surface area contributed by atoms with Crippen LogP contribution in [0.15, 0.2) is 24.3 Å². The van der Waals surface area contributed by atoms with E-state index >= 15 is 0 Å². The van der Waals surface area contributed by atoms with Gasteiger partial charge in [-0.05, 0) is 73.8 Å². The fraction of sp³-hybridized carbons (Fsp3) is 0.652. The number of para-hydroxylation sites is 2. The summed E-state index contributed by atoms with van der Waals surface area (Å²) in [6.45, 7) is 0.781. The van der Waals surface area contributed by atoms with Crippen LogP contribution in [-0.2, 0) is 9.59 Å². The Morgan fingerprint density at radius 2 is 1.59 bits per heavy atom. The molecule has 1 heterocycles. The van der Waals surface area contributed by atoms with Gasteiger partial charge in [-0.25, -0.2) is 0 Å². The number of benzene rings is 1. The normalized spacial score (nSPS) is 33.9. The SMILES string of the molecule is O=C(CNC(=O)CC12CC3CC(CC(C3)C1)C2)NCC1COc2ccccc2O1. The Kier molecular flexibility index (Phi) is 4.88. The van der Waals surface area contributed by atoms with Crippen molar-refractivity contribution in [1.29, 1.82) is 0 Å². The number of amides is 2. The number of carbonyl (C=O) groups excluding carboxylic acids is 2. The number of hydrogen-bond donors (Lipinski definition) is 2. The van der Waals surface area contributed by atoms with Crippen LogP contribution in [0.25, 0.3) is 0 Å². The second-order valence-electron chi connectivity index (χ2n) is 9.67. The van der Waals surface area contributed by atoms with E-state index in [1.807, 2.05) is 24.3 Å². The molecule has 4 saturated carbocycles. The fourth-order valence-electron chi connectivity index (χ4n) is 6.54. The van der Waals surface area contributed by atoms with Crippen molar-refractivity contribution in [1.82, 2.24) is 10.6 Å². The molecule has 0 aromatic heterocycles. The molecule has 0 spiro atoms. The van der Waals surface area contributed by atoms with Crippen molar-refractivity contribution in [2.24, 2.45) is 23.2 Å². The summed E-state index contributed by atoms with van der Waals surface area (Å²) in [5, 5.41) is 5.68. The molecule has 1 aromatic rings. The molecule has 5 aliphatic rings. The molecule has 6 nitrogen and oxygen atoms in total. The summed E-state index contributed by atoms with van der Waals surface area (Å²) in [7, 11) is 0. The van der Waals surface area contributed by atoms with E-state index in [4.69, 9.17) is 9.47 Å². The molecule has 29 heavy (non-hydrogen) atoms. The van der Waals surface area contributed by atoms with Crippen molar-refractivity contribution in [2.45, 2.75) is 51.0 Å². The maximum absolute atomic E-state index is 12.5. The molecule has 4 fully saturated rings. The van der Waals surface area contributed by atoms with Crippen molar-refractivity contribution < 1.29 is 19.1 Å². The van der Waals surface area contributed by atoms with Gasteiger partial charge < -0.3 is 20.1 Å². The highest BCUT2D eigenvalue weighted by atomic mass is 16.6. The van der Waals surface area contributed by atoms with Crippen LogP contribution >= 0.6 is 0 Å². The second kappa shape index (κ2) is 7.54. The van der Waals surface area contributed by atoms with Gasteiger partial charge >= 0.3 is 0 Å². The van der Waals surface area contributed by atoms with E-state index in [1.165, 1.54) is 38.5 Å². The van der Waals surface area contributed by atoms with Gasteiger partial charge in [-0.1, -0.05) is 12.1 Å². The molecular formula is C23H30N2O4. The summed E-state index contributed by atoms with van der Waals surface area (Å²) < 4.78 is 11.5. The van der Waals surface area contributed by atoms with Crippen molar-refractivity contribution in [3.05, 3.63) is 24.3 Å². The van der Waals surface area contributed by atoms with Crippen LogP contribution in [-0.4, -0.2) is 37.6 Å². The molecule has 2 amide bonds. The molecule has 0 saturated heterocycles. The number of nitrogens with one attached hydrogen (secondary N) is 2. The third-order valence-electron chi connectivity index (χ3n) is 7.24. The molecule has 0 radical (unpaired) electrons. The van der Waals surface area contributed by atoms with Crippen LogP contribution in [0.4, 0.5) is 0 Å². The highest BCUT2D eigenvalue weighted by molar-refractivity contribution is 5.85. The van der Waals surface area contributed by atoms with E-state index in [0.29, 0.717) is 25.3 Å². The lowest BCUT2D eigenvalue weighted by Gasteiger charge is -2.56. The lowest BCUT2D eigenvalue weighted by molar-refractivity contribution is -0.132. The second-order valence-corrected chi connectivity index (χ2v) is 9.67. The van der Waals surface area contributed by atoms with E-state index in [2.05, 4.69) is 10.6 Å². The zero-order valence-electron chi connectivity index (χ0n) is 16.8. The van der Waals surface area contributed by atoms with E-state index in [0.717, 1.165) is 23.5 Å². The first kappa shape index (κ1) is 18.8. The highest BCUT2D eigenvalue weighted by Gasteiger charge is 2.51.